The van der Waals surface area contributed by atoms with Crippen LogP contribution in [0.5, 0.6) is 5.75 Å². The Labute approximate surface area is 171 Å². The average molecular weight is 381 g/mol. The lowest BCUT2D eigenvalue weighted by atomic mass is 9.70. The van der Waals surface area contributed by atoms with Crippen LogP contribution in [-0.2, 0) is 15.6 Å². The molecule has 1 atom stereocenters. The van der Waals surface area contributed by atoms with Gasteiger partial charge in [-0.3, -0.25) is 4.79 Å². The summed E-state index contributed by atoms with van der Waals surface area (Å²) in [6.45, 7) is 22.2. The van der Waals surface area contributed by atoms with Crippen molar-refractivity contribution >= 4 is 5.97 Å². The number of allylic oxidation sites excluding steroid dienone is 3. The van der Waals surface area contributed by atoms with Gasteiger partial charge in [0.05, 0.1) is 0 Å². The van der Waals surface area contributed by atoms with E-state index in [1.54, 1.807) is 0 Å². The predicted octanol–water partition coefficient (Wildman–Crippen LogP) is 6.98. The highest BCUT2D eigenvalue weighted by Crippen LogP contribution is 2.51. The molecule has 1 aromatic rings. The summed E-state index contributed by atoms with van der Waals surface area (Å²) >= 11 is 0. The van der Waals surface area contributed by atoms with E-state index in [1.165, 1.54) is 16.7 Å². The molecule has 0 radical (unpaired) electrons. The molecular formula is C26H36O2. The second kappa shape index (κ2) is 6.34. The first-order valence-electron chi connectivity index (χ1n) is 10.4. The fourth-order valence-electron chi connectivity index (χ4n) is 4.28. The van der Waals surface area contributed by atoms with Crippen LogP contribution in [0.25, 0.3) is 0 Å². The van der Waals surface area contributed by atoms with Crippen LogP contribution in [0.4, 0.5) is 0 Å². The van der Waals surface area contributed by atoms with Gasteiger partial charge in [-0.25, -0.2) is 0 Å². The topological polar surface area (TPSA) is 26.3 Å². The summed E-state index contributed by atoms with van der Waals surface area (Å²) < 4.78 is 5.93. The number of hydrogen-bond donors (Lipinski definition) is 0. The zero-order chi connectivity index (χ0) is 21.2. The van der Waals surface area contributed by atoms with Crippen LogP contribution in [0.1, 0.15) is 98.3 Å². The molecule has 0 saturated heterocycles. The van der Waals surface area contributed by atoms with Gasteiger partial charge in [0.25, 0.3) is 0 Å². The normalized spacial score (nSPS) is 22.1. The van der Waals surface area contributed by atoms with Crippen LogP contribution in [-0.4, -0.2) is 5.97 Å². The van der Waals surface area contributed by atoms with Crippen molar-refractivity contribution < 1.29 is 9.53 Å². The third-order valence-corrected chi connectivity index (χ3v) is 6.70. The summed E-state index contributed by atoms with van der Waals surface area (Å²) in [6, 6.07) is 4.45. The number of carbonyl (C=O) groups is 1. The van der Waals surface area contributed by atoms with E-state index < -0.39 is 0 Å². The minimum atomic E-state index is -0.315. The van der Waals surface area contributed by atoms with Gasteiger partial charge in [0.15, 0.2) is 0 Å². The molecule has 1 aromatic carbocycles. The molecule has 0 aromatic heterocycles. The van der Waals surface area contributed by atoms with Gasteiger partial charge in [0.2, 0.25) is 0 Å². The zero-order valence-electron chi connectivity index (χ0n) is 19.3. The van der Waals surface area contributed by atoms with E-state index in [4.69, 9.17) is 4.74 Å². The van der Waals surface area contributed by atoms with Gasteiger partial charge in [0.1, 0.15) is 11.7 Å². The molecule has 0 saturated carbocycles. The molecule has 0 spiro atoms. The molecule has 2 aliphatic rings. The number of hydrogen-bond acceptors (Lipinski definition) is 2. The fraction of sp³-hybridized carbons (Fsp3) is 0.577. The van der Waals surface area contributed by atoms with Crippen molar-refractivity contribution in [2.45, 2.75) is 92.4 Å². The van der Waals surface area contributed by atoms with Crippen molar-refractivity contribution in [2.75, 3.05) is 0 Å². The number of benzene rings is 1. The SMILES string of the molecule is CC1=C(C)C(C)(C)CC=C1C1C(=O)Oc2c1cc(C(C)(C)C)cc2C(C)(C)C. The highest BCUT2D eigenvalue weighted by molar-refractivity contribution is 5.91. The van der Waals surface area contributed by atoms with Gasteiger partial charge >= 0.3 is 5.97 Å². The van der Waals surface area contributed by atoms with Gasteiger partial charge in [0, 0.05) is 11.1 Å². The molecule has 2 nitrogen and oxygen atoms in total. The quantitative estimate of drug-likeness (QED) is 0.388. The maximum Gasteiger partial charge on any atom is 0.323 e. The standard InChI is InChI=1S/C26H36O2/c1-15-16(2)26(9,10)12-11-18(15)21-19-13-17(24(3,4)5)14-20(25(6,7)8)22(19)28-23(21)27/h11,13-14,21H,12H2,1-10H3. The molecule has 1 aliphatic carbocycles. The van der Waals surface area contributed by atoms with Gasteiger partial charge in [-0.05, 0) is 53.2 Å². The first-order chi connectivity index (χ1) is 12.6. The van der Waals surface area contributed by atoms with Crippen LogP contribution in [0, 0.1) is 5.41 Å². The molecule has 1 aliphatic heterocycles. The molecule has 3 rings (SSSR count). The number of carbonyl (C=O) groups excluding carboxylic acids is 1. The van der Waals surface area contributed by atoms with Crippen LogP contribution in [0.15, 0.2) is 34.9 Å². The summed E-state index contributed by atoms with van der Waals surface area (Å²) in [6.07, 6.45) is 3.22. The summed E-state index contributed by atoms with van der Waals surface area (Å²) in [4.78, 5) is 13.1. The lowest BCUT2D eigenvalue weighted by molar-refractivity contribution is -0.133. The van der Waals surface area contributed by atoms with E-state index in [0.29, 0.717) is 0 Å². The van der Waals surface area contributed by atoms with Crippen LogP contribution in [0.3, 0.4) is 0 Å². The number of ether oxygens (including phenoxy) is 1. The molecule has 0 N–H and O–H groups in total. The zero-order valence-corrected chi connectivity index (χ0v) is 19.3. The van der Waals surface area contributed by atoms with Crippen molar-refractivity contribution in [3.05, 3.63) is 51.6 Å². The van der Waals surface area contributed by atoms with Crippen molar-refractivity contribution in [3.8, 4) is 5.75 Å². The molecule has 28 heavy (non-hydrogen) atoms. The van der Waals surface area contributed by atoms with Crippen molar-refractivity contribution in [2.24, 2.45) is 5.41 Å². The van der Waals surface area contributed by atoms with Crippen LogP contribution >= 0.6 is 0 Å². The lowest BCUT2D eigenvalue weighted by Gasteiger charge is -2.33. The third-order valence-electron chi connectivity index (χ3n) is 6.70. The lowest BCUT2D eigenvalue weighted by Crippen LogP contribution is -2.22. The van der Waals surface area contributed by atoms with Gasteiger partial charge in [-0.15, -0.1) is 0 Å². The highest BCUT2D eigenvalue weighted by Gasteiger charge is 2.42. The van der Waals surface area contributed by atoms with E-state index in [0.717, 1.165) is 28.9 Å². The summed E-state index contributed by atoms with van der Waals surface area (Å²) in [5, 5.41) is 0. The van der Waals surface area contributed by atoms with Gasteiger partial charge in [-0.2, -0.15) is 0 Å². The molecular weight excluding hydrogens is 344 g/mol. The predicted molar refractivity (Wildman–Crippen MR) is 117 cm³/mol. The fourth-order valence-corrected chi connectivity index (χ4v) is 4.28. The van der Waals surface area contributed by atoms with Crippen LogP contribution in [0.2, 0.25) is 0 Å². The average Bonchev–Trinajstić information content (AvgIpc) is 2.86. The van der Waals surface area contributed by atoms with E-state index in [2.05, 4.69) is 87.4 Å². The Morgan fingerprint density at radius 1 is 1.00 bits per heavy atom. The largest absolute Gasteiger partial charge is 0.425 e. The Morgan fingerprint density at radius 2 is 1.61 bits per heavy atom. The second-order valence-electron chi connectivity index (χ2n) is 11.3. The molecule has 0 bridgehead atoms. The second-order valence-corrected chi connectivity index (χ2v) is 11.3. The van der Waals surface area contributed by atoms with E-state index in [-0.39, 0.29) is 28.1 Å². The molecule has 2 heteroatoms. The Kier molecular flexibility index (Phi) is 4.73. The highest BCUT2D eigenvalue weighted by atomic mass is 16.5. The monoisotopic (exact) mass is 380 g/mol. The minimum absolute atomic E-state index is 0.00888. The van der Waals surface area contributed by atoms with E-state index in [1.807, 2.05) is 0 Å². The van der Waals surface area contributed by atoms with Gasteiger partial charge < -0.3 is 4.74 Å². The minimum Gasteiger partial charge on any atom is -0.425 e. The van der Waals surface area contributed by atoms with Crippen molar-refractivity contribution in [1.82, 2.24) is 0 Å². The Bertz CT molecular complexity index is 896. The number of esters is 1. The number of fused-ring (bicyclic) bond motifs is 1. The maximum atomic E-state index is 13.1. The first kappa shape index (κ1) is 20.9. The van der Waals surface area contributed by atoms with Crippen LogP contribution < -0.4 is 4.74 Å². The molecule has 0 amide bonds. The van der Waals surface area contributed by atoms with Crippen molar-refractivity contribution in [3.63, 3.8) is 0 Å². The third kappa shape index (κ3) is 3.36. The smallest absolute Gasteiger partial charge is 0.323 e. The Balaban J connectivity index is 2.24. The molecule has 152 valence electrons. The Morgan fingerprint density at radius 3 is 2.14 bits per heavy atom. The van der Waals surface area contributed by atoms with Crippen molar-refractivity contribution in [1.29, 1.82) is 0 Å². The maximum absolute atomic E-state index is 13.1. The number of rotatable bonds is 1. The van der Waals surface area contributed by atoms with Gasteiger partial charge in [-0.1, -0.05) is 79.2 Å². The molecule has 1 heterocycles. The van der Waals surface area contributed by atoms with E-state index in [9.17, 15) is 4.79 Å². The Hall–Kier alpha value is -1.83. The summed E-state index contributed by atoms with van der Waals surface area (Å²) in [5.74, 6) is 0.334. The van der Waals surface area contributed by atoms with E-state index >= 15 is 0 Å². The summed E-state index contributed by atoms with van der Waals surface area (Å²) in [5.41, 5.74) is 7.23. The molecule has 1 unspecified atom stereocenters. The summed E-state index contributed by atoms with van der Waals surface area (Å²) in [7, 11) is 0. The first-order valence-corrected chi connectivity index (χ1v) is 10.4. The molecule has 0 fully saturated rings.